The average Bonchev–Trinajstić information content (AvgIpc) is 0.828. The molecule has 15 heterocycles. The van der Waals surface area contributed by atoms with Crippen molar-refractivity contribution in [1.82, 2.24) is 74.3 Å². The summed E-state index contributed by atoms with van der Waals surface area (Å²) in [6, 6.07) is 63.8. The van der Waals surface area contributed by atoms with Crippen LogP contribution in [0.1, 0.15) is 152 Å². The molecule has 0 spiro atoms. The van der Waals surface area contributed by atoms with E-state index in [1.165, 1.54) is 12.8 Å². The summed E-state index contributed by atoms with van der Waals surface area (Å²) in [5.74, 6) is 9.71. The highest BCUT2D eigenvalue weighted by molar-refractivity contribution is 5.98. The minimum absolute atomic E-state index is 0.131. The third-order valence-corrected chi connectivity index (χ3v) is 27.5. The Kier molecular flexibility index (Phi) is 36.1. The molecule has 0 bridgehead atoms. The first-order chi connectivity index (χ1) is 70.4. The molecule has 0 saturated carbocycles. The number of hydrogen-bond acceptors (Lipinski definition) is 31. The van der Waals surface area contributed by atoms with Gasteiger partial charge in [0.2, 0.25) is 5.88 Å². The van der Waals surface area contributed by atoms with Gasteiger partial charge < -0.3 is 99.1 Å². The number of fused-ring (bicyclic) bond motifs is 5. The number of hydrogen-bond donors (Lipinski definition) is 11. The lowest BCUT2D eigenvalue weighted by molar-refractivity contribution is -0.0243. The van der Waals surface area contributed by atoms with Gasteiger partial charge in [0.25, 0.3) is 0 Å². The summed E-state index contributed by atoms with van der Waals surface area (Å²) in [4.78, 5) is 80.1. The Morgan fingerprint density at radius 2 is 0.745 bits per heavy atom. The summed E-state index contributed by atoms with van der Waals surface area (Å²) in [5, 5.41) is 37.0. The molecule has 15 aromatic rings. The van der Waals surface area contributed by atoms with E-state index in [2.05, 4.69) is 184 Å². The molecule has 5 aliphatic rings. The fourth-order valence-corrected chi connectivity index (χ4v) is 19.0. The van der Waals surface area contributed by atoms with Crippen molar-refractivity contribution in [2.24, 2.45) is 11.8 Å². The monoisotopic (exact) mass is 1950 g/mol. The van der Waals surface area contributed by atoms with Gasteiger partial charge in [0, 0.05) is 186 Å². The molecule has 31 heteroatoms. The van der Waals surface area contributed by atoms with Crippen molar-refractivity contribution in [1.29, 1.82) is 0 Å². The van der Waals surface area contributed by atoms with Gasteiger partial charge in [0.1, 0.15) is 81.8 Å². The van der Waals surface area contributed by atoms with Crippen LogP contribution in [0.2, 0.25) is 0 Å². The number of nitrogen functional groups attached to an aromatic ring is 5. The van der Waals surface area contributed by atoms with Crippen molar-refractivity contribution in [3.8, 4) is 11.6 Å². The molecule has 0 amide bonds. The van der Waals surface area contributed by atoms with E-state index >= 15 is 0 Å². The number of carbonyl (C=O) groups excluding carboxylic acids is 2. The number of pyridine rings is 10. The van der Waals surface area contributed by atoms with Gasteiger partial charge in [0.15, 0.2) is 11.6 Å². The SMILES string of the molecule is CC(C)(O)CN1CCC(OCc2ccc(NCc3ccc4c(N)nccc4c3)nc2)CC1.CN1CCC(CC(=O)c2ccnc(NCc3ccc4c(N)nccc4c3)c2)CC1.CN1CCC(CCC(=O)c2cccc(NCc3ccc4c(N)nccc4c3)n2)CC1.CN1CCC(Oc2cccc(NCc3ccc4c(N)nccc4c3)n2)CC1.CN1CCC(Oc2ccnc(NCc3ccc4c(N)nccc4c3)c2)CC1. The zero-order valence-corrected chi connectivity index (χ0v) is 84.3. The van der Waals surface area contributed by atoms with Crippen molar-refractivity contribution >= 4 is 124 Å². The van der Waals surface area contributed by atoms with E-state index < -0.39 is 5.60 Å². The first kappa shape index (κ1) is 103. The molecule has 0 atom stereocenters. The molecular weight excluding hydrogens is 1820 g/mol. The number of anilines is 10. The van der Waals surface area contributed by atoms with Crippen LogP contribution in [0.15, 0.2) is 244 Å². The van der Waals surface area contributed by atoms with E-state index in [4.69, 9.17) is 42.9 Å². The molecule has 5 saturated heterocycles. The maximum absolute atomic E-state index is 12.7. The van der Waals surface area contributed by atoms with E-state index in [1.807, 2.05) is 160 Å². The second-order valence-electron chi connectivity index (χ2n) is 39.6. The summed E-state index contributed by atoms with van der Waals surface area (Å²) in [5.41, 5.74) is 37.0. The molecule has 0 radical (unpaired) electrons. The van der Waals surface area contributed by atoms with Crippen LogP contribution in [-0.2, 0) is 44.1 Å². The molecule has 5 aromatic carbocycles. The molecule has 0 unspecified atom stereocenters. The first-order valence-corrected chi connectivity index (χ1v) is 50.7. The number of ether oxygens (including phenoxy) is 3. The summed E-state index contributed by atoms with van der Waals surface area (Å²) in [6.45, 7) is 19.0. The van der Waals surface area contributed by atoms with Crippen molar-refractivity contribution in [2.45, 2.75) is 161 Å². The second-order valence-corrected chi connectivity index (χ2v) is 39.6. The maximum Gasteiger partial charge on any atom is 0.215 e. The van der Waals surface area contributed by atoms with Crippen LogP contribution in [0, 0.1) is 11.8 Å². The van der Waals surface area contributed by atoms with Gasteiger partial charge in [-0.15, -0.1) is 0 Å². The van der Waals surface area contributed by atoms with E-state index in [1.54, 1.807) is 43.4 Å². The number of ketones is 2. The molecule has 16 N–H and O–H groups in total. The number of aliphatic hydroxyl groups is 1. The Balaban J connectivity index is 0.000000130. The van der Waals surface area contributed by atoms with Crippen molar-refractivity contribution in [3.05, 3.63) is 288 Å². The lowest BCUT2D eigenvalue weighted by atomic mass is 9.90. The fourth-order valence-electron chi connectivity index (χ4n) is 19.0. The zero-order valence-electron chi connectivity index (χ0n) is 84.3. The van der Waals surface area contributed by atoms with Gasteiger partial charge in [-0.3, -0.25) is 9.59 Å². The van der Waals surface area contributed by atoms with Crippen LogP contribution in [0.5, 0.6) is 11.6 Å². The Morgan fingerprint density at radius 3 is 1.19 bits per heavy atom. The normalized spacial score (nSPS) is 15.6. The highest BCUT2D eigenvalue weighted by atomic mass is 16.5. The standard InChI is InChI=1S/C25H33N5O2.C24H29N5O.C23H27N5O.2C21H25N5O/c1-25(2,31)17-30-11-8-21(9-12-30)32-16-19-4-6-23(29-15-19)28-14-18-3-5-22-20(13-18)7-10-27-24(22)26;1-29-13-10-17(11-14-29)6-8-22(30)21-3-2-4-23(28-21)27-16-18-5-7-20-19(15-18)9-12-26-24(20)25;1-28-10-6-16(7-11-28)13-21(29)19-5-8-25-22(14-19)27-15-17-2-3-20-18(12-17)4-9-26-23(20)24;1-26-10-6-17(7-11-26)27-18-5-9-23-20(13-18)25-14-15-2-3-19-16(12-15)4-8-24-21(19)22;1-26-11-8-17(9-12-26)27-20-4-2-3-19(25-20)24-14-15-5-6-18-16(13-15)7-10-23-21(18)22/h3-7,10,13,15,21,31H,8-9,11-12,14,16-17H2,1-2H3,(H2,26,27)(H,28,29);2-5,7,9,12,15,17H,6,8,10-11,13-14,16H2,1H3,(H2,25,26)(H,27,28);2-5,8-9,12,14,16H,6-7,10-11,13,15H2,1H3,(H2,24,26)(H,25,27);2-5,8-9,12-13,17H,6-7,10-11,14H2,1H3,(H2,22,24)(H,23,25);2-7,10,13,17H,8-9,11-12,14H2,1H3,(H2,22,23)(H,24,25). The van der Waals surface area contributed by atoms with E-state index in [9.17, 15) is 14.7 Å². The van der Waals surface area contributed by atoms with Gasteiger partial charge in [-0.25, -0.2) is 44.9 Å². The van der Waals surface area contributed by atoms with E-state index in [-0.39, 0.29) is 29.9 Å². The minimum Gasteiger partial charge on any atom is -0.490 e. The third-order valence-electron chi connectivity index (χ3n) is 27.5. The van der Waals surface area contributed by atoms with Gasteiger partial charge in [-0.2, -0.15) is 4.98 Å². The Labute approximate surface area is 849 Å². The number of carbonyl (C=O) groups is 2. The molecule has 145 heavy (non-hydrogen) atoms. The average molecular weight is 1960 g/mol. The number of likely N-dealkylation sites (tertiary alicyclic amines) is 5. The number of Topliss-reactive ketones (excluding diaryl/α,β-unsaturated/α-hetero) is 2. The van der Waals surface area contributed by atoms with Crippen molar-refractivity contribution in [3.63, 3.8) is 0 Å². The minimum atomic E-state index is -0.644. The molecule has 31 nitrogen and oxygen atoms in total. The van der Waals surface area contributed by atoms with Gasteiger partial charge in [-0.05, 0) is 314 Å². The van der Waals surface area contributed by atoms with Crippen LogP contribution in [0.25, 0.3) is 53.9 Å². The zero-order chi connectivity index (χ0) is 101. The molecular formula is C114H139N25O6. The number of nitrogens with two attached hydrogens (primary N) is 5. The molecule has 10 aromatic heterocycles. The number of aromatic nitrogens is 10. The highest BCUT2D eigenvalue weighted by Gasteiger charge is 2.28. The highest BCUT2D eigenvalue weighted by Crippen LogP contribution is 2.32. The maximum atomic E-state index is 12.7. The molecule has 756 valence electrons. The van der Waals surface area contributed by atoms with Gasteiger partial charge in [-0.1, -0.05) is 78.9 Å². The third kappa shape index (κ3) is 31.1. The van der Waals surface area contributed by atoms with Crippen LogP contribution < -0.4 is 64.7 Å². The first-order valence-electron chi connectivity index (χ1n) is 50.7. The summed E-state index contributed by atoms with van der Waals surface area (Å²) >= 11 is 0. The van der Waals surface area contributed by atoms with Crippen molar-refractivity contribution in [2.75, 3.05) is 155 Å². The predicted molar refractivity (Wildman–Crippen MR) is 584 cm³/mol. The lowest BCUT2D eigenvalue weighted by Gasteiger charge is -2.35. The Morgan fingerprint density at radius 1 is 0.366 bits per heavy atom. The smallest absolute Gasteiger partial charge is 0.215 e. The Bertz CT molecular complexity index is 6620. The topological polar surface area (TPSA) is 417 Å². The largest absolute Gasteiger partial charge is 0.490 e. The number of benzene rings is 5. The van der Waals surface area contributed by atoms with Crippen molar-refractivity contribution < 1.29 is 28.9 Å². The number of nitrogens with zero attached hydrogens (tertiary/aromatic N) is 15. The fraction of sp³-hybridized carbons (Fsp3) is 0.368. The van der Waals surface area contributed by atoms with E-state index in [0.29, 0.717) is 117 Å². The van der Waals surface area contributed by atoms with Gasteiger partial charge >= 0.3 is 0 Å². The molecule has 5 fully saturated rings. The number of rotatable bonds is 31. The lowest BCUT2D eigenvalue weighted by Crippen LogP contribution is -2.44. The van der Waals surface area contributed by atoms with Gasteiger partial charge in [0.05, 0.1) is 18.3 Å². The van der Waals surface area contributed by atoms with Crippen LogP contribution >= 0.6 is 0 Å². The number of β-amino-alcohol motifs (C(OH)–C–C–N with tert-alkyl or cyclic N) is 1. The second kappa shape index (κ2) is 50.7. The number of nitrogens with one attached hydrogen (secondary N) is 5. The molecule has 0 aliphatic carbocycles. The quantitative estimate of drug-likeness (QED) is 0.0180. The predicted octanol–water partition coefficient (Wildman–Crippen LogP) is 18.0. The Hall–Kier alpha value is -14.4. The summed E-state index contributed by atoms with van der Waals surface area (Å²) in [7, 11) is 8.60. The molecule has 5 aliphatic heterocycles. The van der Waals surface area contributed by atoms with Crippen LogP contribution in [-0.4, -0.2) is 215 Å². The number of piperidine rings is 5. The summed E-state index contributed by atoms with van der Waals surface area (Å²) in [6.07, 6.45) is 27.8. The summed E-state index contributed by atoms with van der Waals surface area (Å²) < 4.78 is 18.3. The van der Waals surface area contributed by atoms with E-state index in [0.717, 1.165) is 245 Å². The van der Waals surface area contributed by atoms with Crippen LogP contribution in [0.4, 0.5) is 58.2 Å². The molecule has 20 rings (SSSR count). The van der Waals surface area contributed by atoms with Crippen LogP contribution in [0.3, 0.4) is 0 Å².